The van der Waals surface area contributed by atoms with E-state index in [0.29, 0.717) is 13.0 Å². The maximum atomic E-state index is 12.4. The van der Waals surface area contributed by atoms with Crippen molar-refractivity contribution in [2.75, 3.05) is 19.8 Å². The third kappa shape index (κ3) is 4.68. The highest BCUT2D eigenvalue weighted by Gasteiger charge is 2.29. The van der Waals surface area contributed by atoms with Gasteiger partial charge in [0.1, 0.15) is 6.61 Å². The number of aliphatic hydroxyl groups is 1. The van der Waals surface area contributed by atoms with Gasteiger partial charge in [-0.2, -0.15) is 0 Å². The van der Waals surface area contributed by atoms with E-state index in [2.05, 4.69) is 51.6 Å². The number of benzene rings is 3. The molecule has 0 heterocycles. The van der Waals surface area contributed by atoms with Gasteiger partial charge in [-0.1, -0.05) is 76.6 Å². The van der Waals surface area contributed by atoms with Crippen molar-refractivity contribution in [3.63, 3.8) is 0 Å². The summed E-state index contributed by atoms with van der Waals surface area (Å²) in [5.41, 5.74) is 7.10. The molecule has 1 unspecified atom stereocenters. The molecule has 0 fully saturated rings. The smallest absolute Gasteiger partial charge is 0.407 e. The Kier molecular flexibility index (Phi) is 6.73. The van der Waals surface area contributed by atoms with E-state index < -0.39 is 6.09 Å². The number of hydrogen-bond donors (Lipinski definition) is 2. The van der Waals surface area contributed by atoms with Crippen molar-refractivity contribution >= 4 is 22.0 Å². The van der Waals surface area contributed by atoms with Crippen LogP contribution in [0.4, 0.5) is 4.79 Å². The van der Waals surface area contributed by atoms with E-state index >= 15 is 0 Å². The van der Waals surface area contributed by atoms with Crippen LogP contribution < -0.4 is 5.32 Å². The van der Waals surface area contributed by atoms with Gasteiger partial charge in [0.2, 0.25) is 0 Å². The predicted molar refractivity (Wildman–Crippen MR) is 126 cm³/mol. The Morgan fingerprint density at radius 1 is 1.03 bits per heavy atom. The number of halogens is 1. The lowest BCUT2D eigenvalue weighted by atomic mass is 9.96. The molecule has 4 rings (SSSR count). The number of amides is 1. The van der Waals surface area contributed by atoms with E-state index in [1.165, 1.54) is 22.3 Å². The lowest BCUT2D eigenvalue weighted by Gasteiger charge is -2.18. The molecule has 1 aliphatic carbocycles. The molecule has 2 N–H and O–H groups in total. The Labute approximate surface area is 191 Å². The molecule has 1 aliphatic rings. The molecule has 1 atom stereocenters. The highest BCUT2D eigenvalue weighted by Crippen LogP contribution is 2.44. The molecule has 1 amide bonds. The maximum Gasteiger partial charge on any atom is 0.407 e. The molecular weight excluding hydrogens is 454 g/mol. The first-order valence-electron chi connectivity index (χ1n) is 10.5. The first-order chi connectivity index (χ1) is 15.1. The standard InChI is InChI=1S/C26H26BrNO3/c1-17-19(7-6-12-25(17)27)13-18(15-29)14-28-26(30)31-16-24-22-10-4-2-8-20(22)21-9-3-5-11-23(21)24/h2-12,18,24,29H,13-16H2,1H3,(H,28,30). The van der Waals surface area contributed by atoms with E-state index in [4.69, 9.17) is 4.74 Å². The van der Waals surface area contributed by atoms with Crippen LogP contribution >= 0.6 is 15.9 Å². The summed E-state index contributed by atoms with van der Waals surface area (Å²) in [6, 6.07) is 22.6. The van der Waals surface area contributed by atoms with Crippen LogP contribution in [-0.2, 0) is 11.2 Å². The molecule has 3 aromatic rings. The van der Waals surface area contributed by atoms with Gasteiger partial charge in [0.25, 0.3) is 0 Å². The lowest BCUT2D eigenvalue weighted by molar-refractivity contribution is 0.138. The SMILES string of the molecule is Cc1c(Br)cccc1CC(CO)CNC(=O)OCC1c2ccccc2-c2ccccc21. The first-order valence-corrected chi connectivity index (χ1v) is 11.3. The molecule has 4 nitrogen and oxygen atoms in total. The topological polar surface area (TPSA) is 58.6 Å². The minimum absolute atomic E-state index is 0.00436. The van der Waals surface area contributed by atoms with Crippen LogP contribution in [-0.4, -0.2) is 31.0 Å². The van der Waals surface area contributed by atoms with Crippen LogP contribution in [0.1, 0.15) is 28.2 Å². The van der Waals surface area contributed by atoms with Crippen LogP contribution in [0.25, 0.3) is 11.1 Å². The predicted octanol–water partition coefficient (Wildman–Crippen LogP) is 5.45. The summed E-state index contributed by atoms with van der Waals surface area (Å²) in [6.45, 7) is 2.69. The highest BCUT2D eigenvalue weighted by molar-refractivity contribution is 9.10. The Bertz CT molecular complexity index is 1040. The van der Waals surface area contributed by atoms with Crippen molar-refractivity contribution in [1.29, 1.82) is 0 Å². The second-order valence-electron chi connectivity index (χ2n) is 7.98. The van der Waals surface area contributed by atoms with Gasteiger partial charge in [0.05, 0.1) is 0 Å². The molecule has 3 aromatic carbocycles. The van der Waals surface area contributed by atoms with Gasteiger partial charge < -0.3 is 15.2 Å². The van der Waals surface area contributed by atoms with E-state index in [-0.39, 0.29) is 25.0 Å². The summed E-state index contributed by atoms with van der Waals surface area (Å²) in [5, 5.41) is 12.6. The Balaban J connectivity index is 1.35. The maximum absolute atomic E-state index is 12.4. The number of carbonyl (C=O) groups is 1. The number of aliphatic hydroxyl groups excluding tert-OH is 1. The zero-order valence-electron chi connectivity index (χ0n) is 17.5. The third-order valence-corrected chi connectivity index (χ3v) is 6.88. The van der Waals surface area contributed by atoms with Crippen LogP contribution in [0, 0.1) is 12.8 Å². The molecule has 0 radical (unpaired) electrons. The van der Waals surface area contributed by atoms with Crippen LogP contribution in [0.2, 0.25) is 0 Å². The molecule has 5 heteroatoms. The van der Waals surface area contributed by atoms with Crippen molar-refractivity contribution in [3.05, 3.63) is 93.5 Å². The van der Waals surface area contributed by atoms with Gasteiger partial charge in [-0.05, 0) is 52.8 Å². The number of rotatable bonds is 7. The molecule has 0 aromatic heterocycles. The Hall–Kier alpha value is -2.63. The highest BCUT2D eigenvalue weighted by atomic mass is 79.9. The lowest BCUT2D eigenvalue weighted by Crippen LogP contribution is -2.33. The summed E-state index contributed by atoms with van der Waals surface area (Å²) >= 11 is 3.54. The summed E-state index contributed by atoms with van der Waals surface area (Å²) in [5.74, 6) is -0.0374. The molecule has 0 saturated carbocycles. The quantitative estimate of drug-likeness (QED) is 0.473. The van der Waals surface area contributed by atoms with Gasteiger partial charge in [-0.3, -0.25) is 0 Å². The average molecular weight is 480 g/mol. The van der Waals surface area contributed by atoms with E-state index in [9.17, 15) is 9.90 Å². The zero-order chi connectivity index (χ0) is 21.8. The molecule has 160 valence electrons. The van der Waals surface area contributed by atoms with Crippen LogP contribution in [0.5, 0.6) is 0 Å². The fourth-order valence-corrected chi connectivity index (χ4v) is 4.67. The number of nitrogens with one attached hydrogen (secondary N) is 1. The normalized spacial score (nSPS) is 13.4. The molecule has 0 bridgehead atoms. The number of carbonyl (C=O) groups excluding carboxylic acids is 1. The number of fused-ring (bicyclic) bond motifs is 3. The van der Waals surface area contributed by atoms with Gasteiger partial charge in [-0.15, -0.1) is 0 Å². The van der Waals surface area contributed by atoms with Crippen molar-refractivity contribution in [3.8, 4) is 11.1 Å². The molecule has 0 saturated heterocycles. The molecule has 31 heavy (non-hydrogen) atoms. The number of alkyl carbamates (subject to hydrolysis) is 1. The average Bonchev–Trinajstić information content (AvgIpc) is 3.11. The van der Waals surface area contributed by atoms with Gasteiger partial charge in [0, 0.05) is 29.5 Å². The van der Waals surface area contributed by atoms with E-state index in [1.54, 1.807) is 0 Å². The Morgan fingerprint density at radius 2 is 1.68 bits per heavy atom. The van der Waals surface area contributed by atoms with Crippen LogP contribution in [0.15, 0.2) is 71.2 Å². The van der Waals surface area contributed by atoms with E-state index in [0.717, 1.165) is 15.6 Å². The molecule has 0 aliphatic heterocycles. The summed E-state index contributed by atoms with van der Waals surface area (Å²) < 4.78 is 6.64. The fraction of sp³-hybridized carbons (Fsp3) is 0.269. The zero-order valence-corrected chi connectivity index (χ0v) is 19.1. The van der Waals surface area contributed by atoms with Gasteiger partial charge in [0.15, 0.2) is 0 Å². The second kappa shape index (κ2) is 9.67. The van der Waals surface area contributed by atoms with Gasteiger partial charge in [-0.25, -0.2) is 4.79 Å². The summed E-state index contributed by atoms with van der Waals surface area (Å²) in [6.07, 6.45) is 0.233. The first kappa shape index (κ1) is 21.6. The molecular formula is C26H26BrNO3. The minimum atomic E-state index is -0.453. The minimum Gasteiger partial charge on any atom is -0.449 e. The third-order valence-electron chi connectivity index (χ3n) is 6.03. The largest absolute Gasteiger partial charge is 0.449 e. The van der Waals surface area contributed by atoms with Crippen molar-refractivity contribution in [2.45, 2.75) is 19.3 Å². The van der Waals surface area contributed by atoms with Crippen molar-refractivity contribution < 1.29 is 14.6 Å². The molecule has 0 spiro atoms. The summed E-state index contributed by atoms with van der Waals surface area (Å²) in [7, 11) is 0. The monoisotopic (exact) mass is 479 g/mol. The number of ether oxygens (including phenoxy) is 1. The number of hydrogen-bond acceptors (Lipinski definition) is 3. The van der Waals surface area contributed by atoms with E-state index in [1.807, 2.05) is 43.3 Å². The van der Waals surface area contributed by atoms with Crippen molar-refractivity contribution in [1.82, 2.24) is 5.32 Å². The fourth-order valence-electron chi connectivity index (χ4n) is 4.26. The Morgan fingerprint density at radius 3 is 2.32 bits per heavy atom. The summed E-state index contributed by atoms with van der Waals surface area (Å²) in [4.78, 5) is 12.4. The van der Waals surface area contributed by atoms with Crippen molar-refractivity contribution in [2.24, 2.45) is 5.92 Å². The second-order valence-corrected chi connectivity index (χ2v) is 8.84. The van der Waals surface area contributed by atoms with Gasteiger partial charge >= 0.3 is 6.09 Å². The van der Waals surface area contributed by atoms with Crippen LogP contribution in [0.3, 0.4) is 0 Å².